The first-order valence-corrected chi connectivity index (χ1v) is 9.32. The lowest BCUT2D eigenvalue weighted by Crippen LogP contribution is -2.42. The number of halogens is 6. The molecule has 0 saturated carbocycles. The lowest BCUT2D eigenvalue weighted by atomic mass is 10.0. The molecule has 1 fully saturated rings. The van der Waals surface area contributed by atoms with Crippen LogP contribution in [0, 0.1) is 6.92 Å². The molecular formula is C21H18F6N2O2. The Morgan fingerprint density at radius 3 is 1.97 bits per heavy atom. The van der Waals surface area contributed by atoms with E-state index in [0.29, 0.717) is 25.1 Å². The summed E-state index contributed by atoms with van der Waals surface area (Å²) in [5.74, 6) is -1.31. The van der Waals surface area contributed by atoms with Gasteiger partial charge in [0.1, 0.15) is 6.67 Å². The molecule has 4 nitrogen and oxygen atoms in total. The quantitative estimate of drug-likeness (QED) is 0.604. The normalized spacial score (nSPS) is 14.8. The molecule has 31 heavy (non-hydrogen) atoms. The van der Waals surface area contributed by atoms with E-state index in [4.69, 9.17) is 0 Å². The monoisotopic (exact) mass is 444 g/mol. The van der Waals surface area contributed by atoms with Crippen LogP contribution in [0.5, 0.6) is 0 Å². The highest BCUT2D eigenvalue weighted by atomic mass is 19.4. The molecule has 10 heteroatoms. The Kier molecular flexibility index (Phi) is 6.02. The zero-order valence-corrected chi connectivity index (χ0v) is 16.3. The first-order chi connectivity index (χ1) is 14.4. The zero-order chi connectivity index (χ0) is 23.0. The summed E-state index contributed by atoms with van der Waals surface area (Å²) in [6, 6.07) is 7.09. The number of nitrogens with zero attached hydrogens (tertiary/aromatic N) is 2. The van der Waals surface area contributed by atoms with Crippen LogP contribution in [0.2, 0.25) is 0 Å². The van der Waals surface area contributed by atoms with Gasteiger partial charge in [0.15, 0.2) is 0 Å². The van der Waals surface area contributed by atoms with Gasteiger partial charge < -0.3 is 4.90 Å². The van der Waals surface area contributed by atoms with Crippen molar-refractivity contribution in [2.75, 3.05) is 18.1 Å². The molecule has 1 aliphatic heterocycles. The fourth-order valence-corrected chi connectivity index (χ4v) is 3.25. The third-order valence-electron chi connectivity index (χ3n) is 4.91. The van der Waals surface area contributed by atoms with E-state index in [1.807, 2.05) is 0 Å². The van der Waals surface area contributed by atoms with Gasteiger partial charge in [-0.15, -0.1) is 0 Å². The molecule has 2 aromatic carbocycles. The molecule has 0 aliphatic carbocycles. The molecule has 1 heterocycles. The number of rotatable bonds is 4. The van der Waals surface area contributed by atoms with Crippen molar-refractivity contribution in [1.82, 2.24) is 4.90 Å². The van der Waals surface area contributed by atoms with Gasteiger partial charge in [0.25, 0.3) is 5.91 Å². The summed E-state index contributed by atoms with van der Waals surface area (Å²) in [4.78, 5) is 27.5. The van der Waals surface area contributed by atoms with Crippen molar-refractivity contribution in [2.45, 2.75) is 32.1 Å². The van der Waals surface area contributed by atoms with Crippen molar-refractivity contribution < 1.29 is 35.9 Å². The molecular weight excluding hydrogens is 426 g/mol. The first kappa shape index (κ1) is 22.6. The Bertz CT molecular complexity index is 951. The summed E-state index contributed by atoms with van der Waals surface area (Å²) in [6.07, 6.45) is -9.33. The fraction of sp³-hybridized carbons (Fsp3) is 0.333. The second-order valence-electron chi connectivity index (χ2n) is 7.27. The van der Waals surface area contributed by atoms with Gasteiger partial charge in [-0.3, -0.25) is 14.5 Å². The predicted octanol–water partition coefficient (Wildman–Crippen LogP) is 5.26. The van der Waals surface area contributed by atoms with Crippen molar-refractivity contribution in [2.24, 2.45) is 0 Å². The number of amides is 2. The Balaban J connectivity index is 2.07. The highest BCUT2D eigenvalue weighted by molar-refractivity contribution is 6.06. The van der Waals surface area contributed by atoms with Crippen molar-refractivity contribution in [3.05, 3.63) is 64.7 Å². The molecule has 2 amide bonds. The molecule has 0 unspecified atom stereocenters. The number of alkyl halides is 6. The molecule has 166 valence electrons. The van der Waals surface area contributed by atoms with Crippen LogP contribution in [0.15, 0.2) is 42.5 Å². The van der Waals surface area contributed by atoms with E-state index in [-0.39, 0.29) is 30.8 Å². The third kappa shape index (κ3) is 5.18. The van der Waals surface area contributed by atoms with E-state index in [2.05, 4.69) is 0 Å². The number of benzene rings is 2. The first-order valence-electron chi connectivity index (χ1n) is 9.32. The Labute approximate surface area is 174 Å². The third-order valence-corrected chi connectivity index (χ3v) is 4.91. The average molecular weight is 444 g/mol. The molecule has 3 rings (SSSR count). The van der Waals surface area contributed by atoms with Crippen molar-refractivity contribution >= 4 is 17.5 Å². The van der Waals surface area contributed by atoms with Gasteiger partial charge in [-0.25, -0.2) is 0 Å². The van der Waals surface area contributed by atoms with Gasteiger partial charge in [-0.1, -0.05) is 17.7 Å². The highest BCUT2D eigenvalue weighted by Crippen LogP contribution is 2.37. The van der Waals surface area contributed by atoms with Crippen molar-refractivity contribution in [3.8, 4) is 0 Å². The average Bonchev–Trinajstić information content (AvgIpc) is 3.09. The van der Waals surface area contributed by atoms with E-state index in [1.165, 1.54) is 17.0 Å². The maximum absolute atomic E-state index is 13.2. The van der Waals surface area contributed by atoms with Crippen LogP contribution in [0.1, 0.15) is 39.9 Å². The van der Waals surface area contributed by atoms with Crippen LogP contribution in [-0.2, 0) is 17.1 Å². The van der Waals surface area contributed by atoms with Gasteiger partial charge in [0.2, 0.25) is 5.91 Å². The topological polar surface area (TPSA) is 40.6 Å². The van der Waals surface area contributed by atoms with E-state index >= 15 is 0 Å². The summed E-state index contributed by atoms with van der Waals surface area (Å²) in [7, 11) is 0. The number of likely N-dealkylation sites (tertiary alicyclic amines) is 1. The Morgan fingerprint density at radius 2 is 1.52 bits per heavy atom. The zero-order valence-electron chi connectivity index (χ0n) is 16.3. The van der Waals surface area contributed by atoms with Gasteiger partial charge in [0, 0.05) is 24.2 Å². The molecule has 0 atom stereocenters. The largest absolute Gasteiger partial charge is 0.416 e. The number of anilines is 1. The highest BCUT2D eigenvalue weighted by Gasteiger charge is 2.38. The van der Waals surface area contributed by atoms with Crippen LogP contribution in [0.4, 0.5) is 32.0 Å². The molecule has 2 aromatic rings. The van der Waals surface area contributed by atoms with Crippen molar-refractivity contribution in [3.63, 3.8) is 0 Å². The summed E-state index contributed by atoms with van der Waals surface area (Å²) >= 11 is 0. The molecule has 0 bridgehead atoms. The minimum absolute atomic E-state index is 0.0308. The van der Waals surface area contributed by atoms with E-state index in [1.54, 1.807) is 19.1 Å². The predicted molar refractivity (Wildman–Crippen MR) is 100 cm³/mol. The Hall–Kier alpha value is -3.04. The van der Waals surface area contributed by atoms with E-state index in [0.717, 1.165) is 10.5 Å². The van der Waals surface area contributed by atoms with Gasteiger partial charge in [-0.2, -0.15) is 26.3 Å². The minimum Gasteiger partial charge on any atom is -0.324 e. The van der Waals surface area contributed by atoms with Crippen LogP contribution >= 0.6 is 0 Å². The molecule has 0 radical (unpaired) electrons. The molecule has 0 aromatic heterocycles. The number of carbonyl (C=O) groups is 2. The standard InChI is InChI=1S/C21H18F6N2O2/c1-13-4-6-17(7-5-13)29(12-28-8-2-3-18(28)30)19(31)14-9-15(20(22,23)24)11-16(10-14)21(25,26)27/h4-7,9-11H,2-3,8,12H2,1H3. The van der Waals surface area contributed by atoms with Gasteiger partial charge in [0.05, 0.1) is 11.1 Å². The SMILES string of the molecule is Cc1ccc(N(CN2CCCC2=O)C(=O)c2cc(C(F)(F)F)cc(C(F)(F)F)c2)cc1. The van der Waals surface area contributed by atoms with Crippen molar-refractivity contribution in [1.29, 1.82) is 0 Å². The van der Waals surface area contributed by atoms with Crippen LogP contribution in [0.3, 0.4) is 0 Å². The smallest absolute Gasteiger partial charge is 0.324 e. The maximum Gasteiger partial charge on any atom is 0.416 e. The molecule has 1 saturated heterocycles. The van der Waals surface area contributed by atoms with E-state index in [9.17, 15) is 35.9 Å². The summed E-state index contributed by atoms with van der Waals surface area (Å²) in [6.45, 7) is 1.84. The van der Waals surface area contributed by atoms with Crippen LogP contribution < -0.4 is 4.90 Å². The summed E-state index contributed by atoms with van der Waals surface area (Å²) in [5, 5.41) is 0. The van der Waals surface area contributed by atoms with Crippen LogP contribution in [-0.4, -0.2) is 29.9 Å². The summed E-state index contributed by atoms with van der Waals surface area (Å²) < 4.78 is 79.2. The maximum atomic E-state index is 13.2. The number of hydrogen-bond donors (Lipinski definition) is 0. The second kappa shape index (κ2) is 8.24. The lowest BCUT2D eigenvalue weighted by molar-refractivity contribution is -0.143. The molecule has 0 spiro atoms. The van der Waals surface area contributed by atoms with Gasteiger partial charge >= 0.3 is 12.4 Å². The van der Waals surface area contributed by atoms with E-state index < -0.39 is 35.0 Å². The second-order valence-corrected chi connectivity index (χ2v) is 7.27. The molecule has 0 N–H and O–H groups in total. The van der Waals surface area contributed by atoms with Gasteiger partial charge in [-0.05, 0) is 43.7 Å². The fourth-order valence-electron chi connectivity index (χ4n) is 3.25. The lowest BCUT2D eigenvalue weighted by Gasteiger charge is -2.28. The minimum atomic E-state index is -5.07. The number of hydrogen-bond acceptors (Lipinski definition) is 2. The molecule has 1 aliphatic rings. The summed E-state index contributed by atoms with van der Waals surface area (Å²) in [5.41, 5.74) is -2.83. The Morgan fingerprint density at radius 1 is 0.968 bits per heavy atom. The number of aryl methyl sites for hydroxylation is 1. The van der Waals surface area contributed by atoms with Crippen LogP contribution in [0.25, 0.3) is 0 Å². The number of carbonyl (C=O) groups excluding carboxylic acids is 2.